The van der Waals surface area contributed by atoms with Crippen molar-refractivity contribution in [3.63, 3.8) is 0 Å². The molecule has 0 bridgehead atoms. The van der Waals surface area contributed by atoms with Gasteiger partial charge in [-0.05, 0) is 6.42 Å². The molecular weight excluding hydrogens is 192 g/mol. The smallest absolute Gasteiger partial charge is 0.122 e. The molecule has 3 nitrogen and oxygen atoms in total. The molecule has 0 fully saturated rings. The van der Waals surface area contributed by atoms with Crippen molar-refractivity contribution in [1.29, 1.82) is 0 Å². The predicted octanol–water partition coefficient (Wildman–Crippen LogP) is 1.71. The normalized spacial score (nSPS) is 10.2. The van der Waals surface area contributed by atoms with E-state index in [4.69, 9.17) is 0 Å². The van der Waals surface area contributed by atoms with Gasteiger partial charge in [0.2, 0.25) is 0 Å². The van der Waals surface area contributed by atoms with Gasteiger partial charge in [0.1, 0.15) is 6.61 Å². The maximum absolute atomic E-state index is 10.3. The molecule has 0 amide bonds. The van der Waals surface area contributed by atoms with E-state index < -0.39 is 8.25 Å². The van der Waals surface area contributed by atoms with Crippen molar-refractivity contribution < 1.29 is 33.1 Å². The Morgan fingerprint density at radius 1 is 1.56 bits per heavy atom. The number of hydrogen-bond donors (Lipinski definition) is 0. The van der Waals surface area contributed by atoms with E-state index in [0.29, 0.717) is 6.61 Å². The maximum Gasteiger partial charge on any atom is 0.697 e. The number of hydrogen-bond acceptors (Lipinski definition) is 3. The van der Waals surface area contributed by atoms with Crippen LogP contribution in [0.4, 0.5) is 0 Å². The largest absolute Gasteiger partial charge is 0.697 e. The van der Waals surface area contributed by atoms with Crippen molar-refractivity contribution in [3.05, 3.63) is 0 Å². The molecule has 1 atom stereocenters. The van der Waals surface area contributed by atoms with Gasteiger partial charge in [0.25, 0.3) is 0 Å². The van der Waals surface area contributed by atoms with Crippen molar-refractivity contribution in [1.82, 2.24) is 0 Å². The van der Waals surface area contributed by atoms with Crippen molar-refractivity contribution in [2.45, 2.75) is 13.3 Å². The Bertz CT molecular complexity index is 78.2. The third kappa shape index (κ3) is 8.64. The van der Waals surface area contributed by atoms with Gasteiger partial charge in [0.05, 0.1) is 7.11 Å². The summed E-state index contributed by atoms with van der Waals surface area (Å²) in [5, 5.41) is 0. The first-order chi connectivity index (χ1) is 3.81. The van der Waals surface area contributed by atoms with E-state index in [2.05, 4.69) is 9.05 Å². The van der Waals surface area contributed by atoms with Gasteiger partial charge in [-0.15, -0.1) is 9.05 Å². The average molecular weight is 202 g/mol. The summed E-state index contributed by atoms with van der Waals surface area (Å²) in [4.78, 5) is 0. The van der Waals surface area contributed by atoms with Crippen LogP contribution in [0.15, 0.2) is 0 Å². The van der Waals surface area contributed by atoms with Crippen LogP contribution in [-0.2, 0) is 33.1 Å². The molecule has 0 radical (unpaired) electrons. The molecule has 0 saturated heterocycles. The van der Waals surface area contributed by atoms with Crippen molar-refractivity contribution in [3.8, 4) is 0 Å². The molecule has 1 unspecified atom stereocenters. The van der Waals surface area contributed by atoms with Gasteiger partial charge in [-0.2, -0.15) is 0 Å². The molecule has 50 valence electrons. The number of rotatable bonds is 4. The Morgan fingerprint density at radius 2 is 2.11 bits per heavy atom. The van der Waals surface area contributed by atoms with Crippen LogP contribution in [0.5, 0.6) is 0 Å². The fourth-order valence-corrected chi connectivity index (χ4v) is 0.656. The van der Waals surface area contributed by atoms with Gasteiger partial charge >= 0.3 is 8.25 Å². The third-order valence-electron chi connectivity index (χ3n) is 0.550. The summed E-state index contributed by atoms with van der Waals surface area (Å²) >= 11 is 0. The summed E-state index contributed by atoms with van der Waals surface area (Å²) in [6, 6.07) is 0. The van der Waals surface area contributed by atoms with E-state index in [0.717, 1.165) is 6.42 Å². The van der Waals surface area contributed by atoms with Crippen LogP contribution in [0.1, 0.15) is 13.3 Å². The Morgan fingerprint density at radius 3 is 2.44 bits per heavy atom. The maximum atomic E-state index is 10.3. The summed E-state index contributed by atoms with van der Waals surface area (Å²) in [7, 11) is -0.479. The first-order valence-corrected chi connectivity index (χ1v) is 3.55. The first kappa shape index (κ1) is 12.3. The van der Waals surface area contributed by atoms with Gasteiger partial charge < -0.3 is 0 Å². The quantitative estimate of drug-likeness (QED) is 0.514. The summed E-state index contributed by atoms with van der Waals surface area (Å²) < 4.78 is 19.2. The van der Waals surface area contributed by atoms with E-state index in [-0.39, 0.29) is 19.5 Å². The first-order valence-electron chi connectivity index (χ1n) is 2.45. The Balaban J connectivity index is 0. The summed E-state index contributed by atoms with van der Waals surface area (Å²) in [5.74, 6) is 0. The summed E-state index contributed by atoms with van der Waals surface area (Å²) in [6.07, 6.45) is 0.866. The Hall–Kier alpha value is 0.643. The van der Waals surface area contributed by atoms with E-state index in [9.17, 15) is 4.57 Å². The molecule has 9 heavy (non-hydrogen) atoms. The van der Waals surface area contributed by atoms with Crippen molar-refractivity contribution in [2.75, 3.05) is 13.7 Å². The molecule has 5 heteroatoms. The van der Waals surface area contributed by atoms with Gasteiger partial charge in [-0.3, -0.25) is 0 Å². The SMILES string of the molecule is CCCO[P+](=O)OC.[Zn]. The second-order valence-corrected chi connectivity index (χ2v) is 2.31. The van der Waals surface area contributed by atoms with Crippen molar-refractivity contribution >= 4 is 8.25 Å². The van der Waals surface area contributed by atoms with E-state index in [1.54, 1.807) is 0 Å². The molecule has 0 aromatic heterocycles. The van der Waals surface area contributed by atoms with Gasteiger partial charge in [0, 0.05) is 24.0 Å². The molecule has 0 spiro atoms. The van der Waals surface area contributed by atoms with Gasteiger partial charge in [0.15, 0.2) is 0 Å². The van der Waals surface area contributed by atoms with Crippen molar-refractivity contribution in [2.24, 2.45) is 0 Å². The Labute approximate surface area is 68.8 Å². The molecular formula is C4H10O3PZn+. The van der Waals surface area contributed by atoms with Crippen LogP contribution < -0.4 is 0 Å². The molecule has 0 aromatic rings. The van der Waals surface area contributed by atoms with Crippen LogP contribution in [-0.4, -0.2) is 13.7 Å². The summed E-state index contributed by atoms with van der Waals surface area (Å²) in [6.45, 7) is 2.45. The monoisotopic (exact) mass is 201 g/mol. The fourth-order valence-electron chi connectivity index (χ4n) is 0.219. The van der Waals surface area contributed by atoms with Gasteiger partial charge in [-0.25, -0.2) is 0 Å². The minimum absolute atomic E-state index is 0. The molecule has 0 rings (SSSR count). The van der Waals surface area contributed by atoms with Crippen LogP contribution in [0.25, 0.3) is 0 Å². The predicted molar refractivity (Wildman–Crippen MR) is 30.9 cm³/mol. The standard InChI is InChI=1S/C4H10O3P.Zn/c1-3-4-7-8(5)6-2;/h3-4H2,1-2H3;/q+1;. The zero-order valence-corrected chi connectivity index (χ0v) is 9.65. The molecule has 0 aliphatic heterocycles. The van der Waals surface area contributed by atoms with Crippen LogP contribution in [0.3, 0.4) is 0 Å². The second kappa shape index (κ2) is 8.64. The van der Waals surface area contributed by atoms with Gasteiger partial charge in [-0.1, -0.05) is 6.92 Å². The minimum atomic E-state index is -1.83. The van der Waals surface area contributed by atoms with Crippen LogP contribution in [0, 0.1) is 0 Å². The third-order valence-corrected chi connectivity index (χ3v) is 1.24. The molecule has 0 heterocycles. The summed E-state index contributed by atoms with van der Waals surface area (Å²) in [5.41, 5.74) is 0. The topological polar surface area (TPSA) is 35.5 Å². The zero-order chi connectivity index (χ0) is 6.41. The van der Waals surface area contributed by atoms with Crippen LogP contribution >= 0.6 is 8.25 Å². The molecule has 0 aliphatic carbocycles. The van der Waals surface area contributed by atoms with E-state index in [1.807, 2.05) is 6.92 Å². The molecule has 0 N–H and O–H groups in total. The Kier molecular flexibility index (Phi) is 11.8. The molecule has 0 aliphatic rings. The zero-order valence-electron chi connectivity index (χ0n) is 5.79. The minimum Gasteiger partial charge on any atom is -0.122 e. The second-order valence-electron chi connectivity index (χ2n) is 1.24. The molecule has 0 aromatic carbocycles. The fraction of sp³-hybridized carbons (Fsp3) is 1.00. The van der Waals surface area contributed by atoms with E-state index >= 15 is 0 Å². The molecule has 0 saturated carbocycles. The average Bonchev–Trinajstić information content (AvgIpc) is 1.83. The van der Waals surface area contributed by atoms with Crippen LogP contribution in [0.2, 0.25) is 0 Å². The van der Waals surface area contributed by atoms with E-state index in [1.165, 1.54) is 7.11 Å².